The summed E-state index contributed by atoms with van der Waals surface area (Å²) in [6.45, 7) is 7.56. The van der Waals surface area contributed by atoms with Gasteiger partial charge >= 0.3 is 0 Å². The van der Waals surface area contributed by atoms with Crippen LogP contribution in [0.25, 0.3) is 5.57 Å². The highest BCUT2D eigenvalue weighted by Gasteiger charge is 2.16. The van der Waals surface area contributed by atoms with Gasteiger partial charge in [0, 0.05) is 23.5 Å². The molecule has 0 aromatic heterocycles. The number of nitrogen functional groups attached to an aromatic ring is 1. The lowest BCUT2D eigenvalue weighted by Gasteiger charge is -2.20. The number of hydrogen-bond donors (Lipinski definition) is 2. The van der Waals surface area contributed by atoms with E-state index in [1.54, 1.807) is 24.3 Å². The molecular formula is C27H28N2O3. The third kappa shape index (κ3) is 4.94. The van der Waals surface area contributed by atoms with Gasteiger partial charge in [-0.2, -0.15) is 0 Å². The van der Waals surface area contributed by atoms with E-state index >= 15 is 0 Å². The predicted octanol–water partition coefficient (Wildman–Crippen LogP) is 5.41. The first-order valence-corrected chi connectivity index (χ1v) is 10.7. The van der Waals surface area contributed by atoms with Gasteiger partial charge in [0.25, 0.3) is 0 Å². The summed E-state index contributed by atoms with van der Waals surface area (Å²) in [4.78, 5) is 13.0. The van der Waals surface area contributed by atoms with Crippen LogP contribution in [0.5, 0.6) is 11.5 Å². The number of ether oxygens (including phenoxy) is 2. The average molecular weight is 429 g/mol. The Hall–Kier alpha value is -3.73. The van der Waals surface area contributed by atoms with Crippen molar-refractivity contribution in [3.63, 3.8) is 0 Å². The van der Waals surface area contributed by atoms with Gasteiger partial charge in [-0.05, 0) is 51.9 Å². The van der Waals surface area contributed by atoms with Gasteiger partial charge in [0.1, 0.15) is 13.2 Å². The second kappa shape index (κ2) is 8.79. The maximum Gasteiger partial charge on any atom is 0.249 e. The Bertz CT molecular complexity index is 1160. The highest BCUT2D eigenvalue weighted by molar-refractivity contribution is 6.06. The number of anilines is 2. The van der Waals surface area contributed by atoms with Gasteiger partial charge in [-0.15, -0.1) is 0 Å². The highest BCUT2D eigenvalue weighted by Crippen LogP contribution is 2.33. The molecular weight excluding hydrogens is 400 g/mol. The normalized spacial score (nSPS) is 13.5. The lowest BCUT2D eigenvalue weighted by atomic mass is 9.85. The van der Waals surface area contributed by atoms with Crippen LogP contribution in [0, 0.1) is 0 Å². The molecule has 5 nitrogen and oxygen atoms in total. The fraction of sp³-hybridized carbons (Fsp3) is 0.222. The Labute approximate surface area is 188 Å². The van der Waals surface area contributed by atoms with Crippen molar-refractivity contribution in [2.45, 2.75) is 26.2 Å². The van der Waals surface area contributed by atoms with E-state index in [4.69, 9.17) is 15.2 Å². The average Bonchev–Trinajstić information content (AvgIpc) is 2.77. The van der Waals surface area contributed by atoms with Crippen molar-refractivity contribution in [2.24, 2.45) is 0 Å². The van der Waals surface area contributed by atoms with Crippen molar-refractivity contribution in [2.75, 3.05) is 24.3 Å². The van der Waals surface area contributed by atoms with Crippen molar-refractivity contribution in [3.05, 3.63) is 89.5 Å². The Morgan fingerprint density at radius 2 is 1.62 bits per heavy atom. The van der Waals surface area contributed by atoms with E-state index < -0.39 is 0 Å². The van der Waals surface area contributed by atoms with Crippen molar-refractivity contribution < 1.29 is 14.3 Å². The van der Waals surface area contributed by atoms with E-state index in [2.05, 4.69) is 38.2 Å². The SMILES string of the molecule is CC(C)(C)c1ccc(/C(=C/C(=O)Nc2ccc3c(c2)OCCO3)c2cccc(N)c2)cc1. The monoisotopic (exact) mass is 428 g/mol. The molecule has 0 radical (unpaired) electrons. The second-order valence-electron chi connectivity index (χ2n) is 8.86. The molecule has 0 atom stereocenters. The number of carbonyl (C=O) groups excluding carboxylic acids is 1. The summed E-state index contributed by atoms with van der Waals surface area (Å²) in [5.74, 6) is 1.08. The molecule has 0 aliphatic carbocycles. The Balaban J connectivity index is 1.65. The molecule has 1 amide bonds. The van der Waals surface area contributed by atoms with Crippen LogP contribution in [-0.4, -0.2) is 19.1 Å². The van der Waals surface area contributed by atoms with Crippen LogP contribution in [0.4, 0.5) is 11.4 Å². The maximum absolute atomic E-state index is 13.0. The fourth-order valence-corrected chi connectivity index (χ4v) is 3.62. The summed E-state index contributed by atoms with van der Waals surface area (Å²) in [6.07, 6.45) is 1.61. The van der Waals surface area contributed by atoms with Crippen molar-refractivity contribution in [1.82, 2.24) is 0 Å². The number of amides is 1. The summed E-state index contributed by atoms with van der Waals surface area (Å²) in [5.41, 5.74) is 11.2. The molecule has 3 aromatic carbocycles. The third-order valence-electron chi connectivity index (χ3n) is 5.34. The first kappa shape index (κ1) is 21.5. The van der Waals surface area contributed by atoms with Crippen LogP contribution in [-0.2, 0) is 10.2 Å². The Morgan fingerprint density at radius 3 is 2.31 bits per heavy atom. The Morgan fingerprint density at radius 1 is 0.906 bits per heavy atom. The van der Waals surface area contributed by atoms with Crippen molar-refractivity contribution >= 4 is 22.9 Å². The number of benzene rings is 3. The quantitative estimate of drug-likeness (QED) is 0.431. The summed E-state index contributed by atoms with van der Waals surface area (Å²) in [6, 6.07) is 21.2. The molecule has 0 fully saturated rings. The van der Waals surface area contributed by atoms with E-state index in [0.29, 0.717) is 36.1 Å². The molecule has 5 heteroatoms. The minimum Gasteiger partial charge on any atom is -0.486 e. The largest absolute Gasteiger partial charge is 0.486 e. The van der Waals surface area contributed by atoms with Crippen LogP contribution in [0.2, 0.25) is 0 Å². The smallest absolute Gasteiger partial charge is 0.249 e. The van der Waals surface area contributed by atoms with Gasteiger partial charge < -0.3 is 20.5 Å². The molecule has 164 valence electrons. The highest BCUT2D eigenvalue weighted by atomic mass is 16.6. The van der Waals surface area contributed by atoms with E-state index in [1.807, 2.05) is 36.4 Å². The second-order valence-corrected chi connectivity index (χ2v) is 8.86. The van der Waals surface area contributed by atoms with Crippen LogP contribution >= 0.6 is 0 Å². The molecule has 4 rings (SSSR count). The molecule has 1 aliphatic rings. The van der Waals surface area contributed by atoms with Crippen LogP contribution < -0.4 is 20.5 Å². The van der Waals surface area contributed by atoms with Gasteiger partial charge in [0.05, 0.1) is 0 Å². The number of rotatable bonds is 4. The lowest BCUT2D eigenvalue weighted by molar-refractivity contribution is -0.111. The van der Waals surface area contributed by atoms with E-state index in [0.717, 1.165) is 16.7 Å². The maximum atomic E-state index is 13.0. The van der Waals surface area contributed by atoms with Crippen molar-refractivity contribution in [3.8, 4) is 11.5 Å². The van der Waals surface area contributed by atoms with Crippen molar-refractivity contribution in [1.29, 1.82) is 0 Å². The minimum atomic E-state index is -0.237. The fourth-order valence-electron chi connectivity index (χ4n) is 3.62. The molecule has 0 saturated carbocycles. The summed E-state index contributed by atoms with van der Waals surface area (Å²) < 4.78 is 11.2. The first-order valence-electron chi connectivity index (χ1n) is 10.7. The molecule has 1 aliphatic heterocycles. The van der Waals surface area contributed by atoms with E-state index in [1.165, 1.54) is 5.56 Å². The molecule has 3 N–H and O–H groups in total. The summed E-state index contributed by atoms with van der Waals surface area (Å²) >= 11 is 0. The molecule has 0 spiro atoms. The molecule has 3 aromatic rings. The lowest BCUT2D eigenvalue weighted by Crippen LogP contribution is -2.16. The molecule has 0 saturated heterocycles. The van der Waals surface area contributed by atoms with Gasteiger partial charge in [-0.3, -0.25) is 4.79 Å². The molecule has 0 bridgehead atoms. The number of carbonyl (C=O) groups is 1. The predicted molar refractivity (Wildman–Crippen MR) is 129 cm³/mol. The minimum absolute atomic E-state index is 0.0508. The van der Waals surface area contributed by atoms with Crippen LogP contribution in [0.3, 0.4) is 0 Å². The zero-order valence-electron chi connectivity index (χ0n) is 18.6. The number of hydrogen-bond acceptors (Lipinski definition) is 4. The summed E-state index contributed by atoms with van der Waals surface area (Å²) in [7, 11) is 0. The van der Waals surface area contributed by atoms with Gasteiger partial charge in [-0.25, -0.2) is 0 Å². The zero-order chi connectivity index (χ0) is 22.7. The first-order chi connectivity index (χ1) is 15.3. The van der Waals surface area contributed by atoms with Gasteiger partial charge in [-0.1, -0.05) is 57.2 Å². The van der Waals surface area contributed by atoms with E-state index in [-0.39, 0.29) is 11.3 Å². The zero-order valence-corrected chi connectivity index (χ0v) is 18.6. The van der Waals surface area contributed by atoms with Crippen LogP contribution in [0.1, 0.15) is 37.5 Å². The Kier molecular flexibility index (Phi) is 5.91. The molecule has 32 heavy (non-hydrogen) atoms. The topological polar surface area (TPSA) is 73.6 Å². The number of nitrogens with two attached hydrogens (primary N) is 1. The standard InChI is InChI=1S/C27H28N2O3/c1-27(2,3)20-9-7-18(8-10-20)23(19-5-4-6-21(28)15-19)17-26(30)29-22-11-12-24-25(16-22)32-14-13-31-24/h4-12,15-17H,13-14,28H2,1-3H3,(H,29,30)/b23-17-. The molecule has 0 unspecified atom stereocenters. The molecule has 1 heterocycles. The third-order valence-corrected chi connectivity index (χ3v) is 5.34. The van der Waals surface area contributed by atoms with Crippen LogP contribution in [0.15, 0.2) is 72.8 Å². The summed E-state index contributed by atoms with van der Waals surface area (Å²) in [5, 5.41) is 2.93. The number of nitrogens with one attached hydrogen (secondary N) is 1. The van der Waals surface area contributed by atoms with Gasteiger partial charge in [0.15, 0.2) is 11.5 Å². The number of fused-ring (bicyclic) bond motifs is 1. The van der Waals surface area contributed by atoms with Gasteiger partial charge in [0.2, 0.25) is 5.91 Å². The van der Waals surface area contributed by atoms with E-state index in [9.17, 15) is 4.79 Å².